The Kier molecular flexibility index (Phi) is 7.54. The van der Waals surface area contributed by atoms with Gasteiger partial charge in [0.15, 0.2) is 0 Å². The summed E-state index contributed by atoms with van der Waals surface area (Å²) in [5.74, 6) is 0. The summed E-state index contributed by atoms with van der Waals surface area (Å²) in [6.07, 6.45) is 0. The smallest absolute Gasteiger partial charge is 0.136 e. The minimum atomic E-state index is 0.877. The van der Waals surface area contributed by atoms with Crippen LogP contribution in [0.1, 0.15) is 0 Å². The van der Waals surface area contributed by atoms with Gasteiger partial charge in [-0.05, 0) is 111 Å². The van der Waals surface area contributed by atoms with Crippen molar-refractivity contribution >= 4 is 82.4 Å². The van der Waals surface area contributed by atoms with Crippen molar-refractivity contribution in [3.05, 3.63) is 218 Å². The Morgan fingerprint density at radius 2 is 0.949 bits per heavy atom. The highest BCUT2D eigenvalue weighted by Crippen LogP contribution is 2.46. The molecule has 10 aromatic carbocycles. The van der Waals surface area contributed by atoms with Gasteiger partial charge in [0, 0.05) is 44.2 Å². The first-order valence-electron chi connectivity index (χ1n) is 20.2. The molecule has 3 nitrogen and oxygen atoms in total. The van der Waals surface area contributed by atoms with E-state index >= 15 is 0 Å². The molecule has 0 aliphatic rings. The summed E-state index contributed by atoms with van der Waals surface area (Å²) in [6, 6.07) is 78.8. The number of hydrogen-bond acceptors (Lipinski definition) is 2. The van der Waals surface area contributed by atoms with Crippen LogP contribution < -0.4 is 4.90 Å². The zero-order valence-electron chi connectivity index (χ0n) is 32.1. The first-order valence-corrected chi connectivity index (χ1v) is 20.2. The summed E-state index contributed by atoms with van der Waals surface area (Å²) in [5.41, 5.74) is 13.1. The van der Waals surface area contributed by atoms with Crippen molar-refractivity contribution in [1.29, 1.82) is 0 Å². The summed E-state index contributed by atoms with van der Waals surface area (Å²) in [5, 5.41) is 9.57. The van der Waals surface area contributed by atoms with E-state index in [0.717, 1.165) is 55.8 Å². The lowest BCUT2D eigenvalue weighted by Crippen LogP contribution is -2.11. The highest BCUT2D eigenvalue weighted by atomic mass is 16.3. The molecule has 0 aliphatic heterocycles. The normalized spacial score (nSPS) is 11.7. The molecule has 0 spiro atoms. The predicted molar refractivity (Wildman–Crippen MR) is 249 cm³/mol. The summed E-state index contributed by atoms with van der Waals surface area (Å²) in [6.45, 7) is 0. The van der Waals surface area contributed by atoms with Crippen LogP contribution in [0.25, 0.3) is 93.2 Å². The van der Waals surface area contributed by atoms with Crippen LogP contribution in [0.2, 0.25) is 0 Å². The average molecular weight is 753 g/mol. The van der Waals surface area contributed by atoms with Crippen LogP contribution in [-0.4, -0.2) is 4.57 Å². The lowest BCUT2D eigenvalue weighted by atomic mass is 9.95. The van der Waals surface area contributed by atoms with Gasteiger partial charge in [-0.3, -0.25) is 0 Å². The third-order valence-electron chi connectivity index (χ3n) is 11.9. The third kappa shape index (κ3) is 5.36. The number of aromatic nitrogens is 1. The number of furan rings is 1. The minimum absolute atomic E-state index is 0.877. The number of nitrogens with zero attached hydrogens (tertiary/aromatic N) is 2. The topological polar surface area (TPSA) is 21.3 Å². The Bertz CT molecular complexity index is 3510. The molecule has 12 rings (SSSR count). The molecule has 0 N–H and O–H groups in total. The highest BCUT2D eigenvalue weighted by Gasteiger charge is 2.22. The second-order valence-corrected chi connectivity index (χ2v) is 15.3. The molecule has 0 fully saturated rings. The van der Waals surface area contributed by atoms with Gasteiger partial charge >= 0.3 is 0 Å². The maximum Gasteiger partial charge on any atom is 0.136 e. The maximum atomic E-state index is 6.59. The van der Waals surface area contributed by atoms with E-state index in [-0.39, 0.29) is 0 Å². The van der Waals surface area contributed by atoms with Crippen molar-refractivity contribution in [3.63, 3.8) is 0 Å². The van der Waals surface area contributed by atoms with Gasteiger partial charge in [0.25, 0.3) is 0 Å². The Morgan fingerprint density at radius 1 is 0.356 bits per heavy atom. The first kappa shape index (κ1) is 33.3. The van der Waals surface area contributed by atoms with E-state index in [9.17, 15) is 0 Å². The molecule has 0 saturated carbocycles. The van der Waals surface area contributed by atoms with Crippen molar-refractivity contribution in [2.75, 3.05) is 4.90 Å². The van der Waals surface area contributed by atoms with Crippen molar-refractivity contribution in [1.82, 2.24) is 4.57 Å². The monoisotopic (exact) mass is 752 g/mol. The average Bonchev–Trinajstić information content (AvgIpc) is 3.84. The molecule has 12 aromatic rings. The fraction of sp³-hybridized carbons (Fsp3) is 0. The molecule has 2 heterocycles. The minimum Gasteiger partial charge on any atom is -0.456 e. The number of rotatable bonds is 6. The SMILES string of the molecule is c1cc(-c2cccc3ccccc23)cc(N(c2ccc(-n3c4ccccc4c4ccccc43)cc2)c2ccccc2-c2cccc3oc4cc5ccccc5cc4c23)c1. The highest BCUT2D eigenvalue weighted by molar-refractivity contribution is 6.17. The Balaban J connectivity index is 1.08. The molecule has 59 heavy (non-hydrogen) atoms. The van der Waals surface area contributed by atoms with E-state index in [0.29, 0.717) is 0 Å². The number of benzene rings is 10. The molecule has 0 atom stereocenters. The predicted octanol–water partition coefficient (Wildman–Crippen LogP) is 15.8. The number of anilines is 3. The van der Waals surface area contributed by atoms with E-state index < -0.39 is 0 Å². The van der Waals surface area contributed by atoms with Crippen molar-refractivity contribution in [2.45, 2.75) is 0 Å². The molecule has 3 heteroatoms. The van der Waals surface area contributed by atoms with E-state index in [1.807, 2.05) is 0 Å². The van der Waals surface area contributed by atoms with Gasteiger partial charge < -0.3 is 13.9 Å². The lowest BCUT2D eigenvalue weighted by Gasteiger charge is -2.29. The summed E-state index contributed by atoms with van der Waals surface area (Å²) in [7, 11) is 0. The zero-order chi connectivity index (χ0) is 38.9. The first-order chi connectivity index (χ1) is 29.3. The Hall–Kier alpha value is -7.88. The number of fused-ring (bicyclic) bond motifs is 8. The van der Waals surface area contributed by atoms with E-state index in [1.54, 1.807) is 0 Å². The van der Waals surface area contributed by atoms with Gasteiger partial charge in [0.2, 0.25) is 0 Å². The summed E-state index contributed by atoms with van der Waals surface area (Å²) < 4.78 is 8.96. The zero-order valence-corrected chi connectivity index (χ0v) is 32.1. The molecule has 0 unspecified atom stereocenters. The maximum absolute atomic E-state index is 6.59. The molecule has 0 bridgehead atoms. The van der Waals surface area contributed by atoms with Crippen LogP contribution >= 0.6 is 0 Å². The molecule has 276 valence electrons. The standard InChI is InChI=1S/C56H36N2O/c1-2-16-39-36-55-50(35-38(39)15-1)56-49(25-13-29-54(56)59-55)48-23-7-8-26-51(48)57(43-19-11-18-40(34-43)45-24-12-17-37-14-3-4-20-44(37)45)41-30-32-42(33-31-41)58-52-27-9-5-21-46(52)47-22-6-10-28-53(47)58/h1-36H. The van der Waals surface area contributed by atoms with Crippen molar-refractivity contribution < 1.29 is 4.42 Å². The van der Waals surface area contributed by atoms with E-state index in [1.165, 1.54) is 54.5 Å². The number of hydrogen-bond donors (Lipinski definition) is 0. The fourth-order valence-corrected chi connectivity index (χ4v) is 9.30. The molecular formula is C56H36N2O. The van der Waals surface area contributed by atoms with E-state index in [4.69, 9.17) is 4.42 Å². The largest absolute Gasteiger partial charge is 0.456 e. The van der Waals surface area contributed by atoms with Crippen LogP contribution in [-0.2, 0) is 0 Å². The van der Waals surface area contributed by atoms with Gasteiger partial charge in [0.1, 0.15) is 11.2 Å². The molecular weight excluding hydrogens is 717 g/mol. The molecule has 2 aromatic heterocycles. The lowest BCUT2D eigenvalue weighted by molar-refractivity contribution is 0.669. The van der Waals surface area contributed by atoms with Gasteiger partial charge in [-0.15, -0.1) is 0 Å². The van der Waals surface area contributed by atoms with Crippen LogP contribution in [0.5, 0.6) is 0 Å². The second kappa shape index (κ2) is 13.4. The van der Waals surface area contributed by atoms with Crippen molar-refractivity contribution in [2.24, 2.45) is 0 Å². The van der Waals surface area contributed by atoms with Gasteiger partial charge in [-0.25, -0.2) is 0 Å². The van der Waals surface area contributed by atoms with Crippen LogP contribution in [0.4, 0.5) is 17.1 Å². The molecule has 0 saturated heterocycles. The van der Waals surface area contributed by atoms with Crippen LogP contribution in [0, 0.1) is 0 Å². The quantitative estimate of drug-likeness (QED) is 0.169. The Morgan fingerprint density at radius 3 is 1.75 bits per heavy atom. The second-order valence-electron chi connectivity index (χ2n) is 15.3. The third-order valence-corrected chi connectivity index (χ3v) is 11.9. The fourth-order valence-electron chi connectivity index (χ4n) is 9.30. The summed E-state index contributed by atoms with van der Waals surface area (Å²) >= 11 is 0. The van der Waals surface area contributed by atoms with Gasteiger partial charge in [-0.2, -0.15) is 0 Å². The molecule has 0 radical (unpaired) electrons. The Labute approximate surface area is 341 Å². The van der Waals surface area contributed by atoms with Crippen LogP contribution in [0.3, 0.4) is 0 Å². The molecule has 0 amide bonds. The van der Waals surface area contributed by atoms with Gasteiger partial charge in [0.05, 0.1) is 16.7 Å². The van der Waals surface area contributed by atoms with E-state index in [2.05, 4.69) is 228 Å². The van der Waals surface area contributed by atoms with Crippen molar-refractivity contribution in [3.8, 4) is 27.9 Å². The number of para-hydroxylation sites is 3. The van der Waals surface area contributed by atoms with Gasteiger partial charge in [-0.1, -0.05) is 146 Å². The molecule has 0 aliphatic carbocycles. The van der Waals surface area contributed by atoms with Crippen LogP contribution in [0.15, 0.2) is 223 Å². The summed E-state index contributed by atoms with van der Waals surface area (Å²) in [4.78, 5) is 2.41.